The molecule has 1 saturated heterocycles. The van der Waals surface area contributed by atoms with E-state index in [2.05, 4.69) is 27.1 Å². The first kappa shape index (κ1) is 22.0. The maximum atomic E-state index is 5.58. The first-order chi connectivity index (χ1) is 15.7. The fraction of sp³-hybridized carbons (Fsp3) is 0.400. The molecule has 32 heavy (non-hydrogen) atoms. The van der Waals surface area contributed by atoms with Crippen LogP contribution in [0.1, 0.15) is 12.2 Å². The molecule has 7 heteroatoms. The van der Waals surface area contributed by atoms with Crippen LogP contribution in [0.4, 0.5) is 5.69 Å². The number of para-hydroxylation sites is 2. The van der Waals surface area contributed by atoms with Crippen molar-refractivity contribution >= 4 is 5.69 Å². The topological polar surface area (TPSA) is 60.2 Å². The van der Waals surface area contributed by atoms with Crippen LogP contribution in [0.15, 0.2) is 53.1 Å². The summed E-state index contributed by atoms with van der Waals surface area (Å²) in [7, 11) is 4.99. The Labute approximate surface area is 189 Å². The van der Waals surface area contributed by atoms with Crippen LogP contribution in [0.2, 0.25) is 0 Å². The number of anilines is 1. The fourth-order valence-electron chi connectivity index (χ4n) is 4.14. The minimum atomic E-state index is 0.682. The van der Waals surface area contributed by atoms with E-state index in [1.807, 2.05) is 36.4 Å². The largest absolute Gasteiger partial charge is 0.495 e. The molecule has 0 aliphatic carbocycles. The zero-order chi connectivity index (χ0) is 22.3. The average molecular weight is 438 g/mol. The molecule has 1 aliphatic heterocycles. The standard InChI is InChI=1S/C25H31N3O4/c1-29-23-9-5-4-8-22(23)28-15-13-27(14-16-28)12-6-7-20-18-21(26-32-20)19-10-11-24(30-2)25(17-19)31-3/h4-5,8-11,17-18H,6-7,12-16H2,1-3H3. The van der Waals surface area contributed by atoms with Gasteiger partial charge in [0, 0.05) is 44.2 Å². The molecule has 2 heterocycles. The van der Waals surface area contributed by atoms with Crippen LogP contribution in [0.25, 0.3) is 11.3 Å². The van der Waals surface area contributed by atoms with Crippen LogP contribution in [-0.4, -0.2) is 64.1 Å². The first-order valence-electron chi connectivity index (χ1n) is 11.0. The third kappa shape index (κ3) is 4.99. The molecular weight excluding hydrogens is 406 g/mol. The molecule has 1 aromatic heterocycles. The molecule has 4 rings (SSSR count). The SMILES string of the molecule is COc1ccc(-c2cc(CCCN3CCN(c4ccccc4OC)CC3)on2)cc1OC. The van der Waals surface area contributed by atoms with Crippen LogP contribution in [0, 0.1) is 0 Å². The summed E-state index contributed by atoms with van der Waals surface area (Å²) in [5, 5.41) is 4.24. The molecule has 170 valence electrons. The molecule has 0 N–H and O–H groups in total. The minimum absolute atomic E-state index is 0.682. The maximum Gasteiger partial charge on any atom is 0.161 e. The number of rotatable bonds is 9. The Morgan fingerprint density at radius 1 is 0.844 bits per heavy atom. The van der Waals surface area contributed by atoms with Crippen molar-refractivity contribution in [3.8, 4) is 28.5 Å². The molecule has 7 nitrogen and oxygen atoms in total. The Hall–Kier alpha value is -3.19. The minimum Gasteiger partial charge on any atom is -0.495 e. The second-order valence-electron chi connectivity index (χ2n) is 7.85. The second-order valence-corrected chi connectivity index (χ2v) is 7.85. The summed E-state index contributed by atoms with van der Waals surface area (Å²) in [5.41, 5.74) is 2.94. The van der Waals surface area contributed by atoms with Crippen molar-refractivity contribution in [2.75, 3.05) is 59.0 Å². The highest BCUT2D eigenvalue weighted by Gasteiger charge is 2.19. The number of piperazine rings is 1. The van der Waals surface area contributed by atoms with E-state index in [0.717, 1.165) is 68.3 Å². The number of hydrogen-bond donors (Lipinski definition) is 0. The summed E-state index contributed by atoms with van der Waals surface area (Å²) in [4.78, 5) is 4.92. The van der Waals surface area contributed by atoms with Gasteiger partial charge in [-0.05, 0) is 43.3 Å². The molecule has 0 unspecified atom stereocenters. The molecule has 1 aliphatic rings. The van der Waals surface area contributed by atoms with Gasteiger partial charge in [-0.2, -0.15) is 0 Å². The normalized spacial score (nSPS) is 14.4. The molecule has 3 aromatic rings. The van der Waals surface area contributed by atoms with Gasteiger partial charge in [0.05, 0.1) is 27.0 Å². The Balaban J connectivity index is 1.26. The van der Waals surface area contributed by atoms with E-state index in [1.54, 1.807) is 21.3 Å². The van der Waals surface area contributed by atoms with Gasteiger partial charge < -0.3 is 23.6 Å². The van der Waals surface area contributed by atoms with Crippen molar-refractivity contribution in [1.82, 2.24) is 10.1 Å². The maximum absolute atomic E-state index is 5.58. The molecule has 0 amide bonds. The van der Waals surface area contributed by atoms with Crippen LogP contribution in [0.5, 0.6) is 17.2 Å². The van der Waals surface area contributed by atoms with Gasteiger partial charge in [-0.1, -0.05) is 17.3 Å². The summed E-state index contributed by atoms with van der Waals surface area (Å²) in [6.07, 6.45) is 1.90. The van der Waals surface area contributed by atoms with E-state index in [4.69, 9.17) is 18.7 Å². The highest BCUT2D eigenvalue weighted by Crippen LogP contribution is 2.32. The highest BCUT2D eigenvalue weighted by atomic mass is 16.5. The number of methoxy groups -OCH3 is 3. The summed E-state index contributed by atoms with van der Waals surface area (Å²) >= 11 is 0. The molecule has 0 saturated carbocycles. The Morgan fingerprint density at radius 3 is 2.34 bits per heavy atom. The zero-order valence-electron chi connectivity index (χ0n) is 19.0. The van der Waals surface area contributed by atoms with Crippen LogP contribution in [0.3, 0.4) is 0 Å². The van der Waals surface area contributed by atoms with E-state index < -0.39 is 0 Å². The van der Waals surface area contributed by atoms with E-state index in [0.29, 0.717) is 11.5 Å². The predicted octanol–water partition coefficient (Wildman–Crippen LogP) is 4.12. The third-order valence-electron chi connectivity index (χ3n) is 5.93. The Bertz CT molecular complexity index is 1010. The van der Waals surface area contributed by atoms with Crippen LogP contribution < -0.4 is 19.1 Å². The van der Waals surface area contributed by atoms with Crippen LogP contribution in [-0.2, 0) is 6.42 Å². The lowest BCUT2D eigenvalue weighted by atomic mass is 10.1. The van der Waals surface area contributed by atoms with Gasteiger partial charge in [-0.3, -0.25) is 4.90 Å². The van der Waals surface area contributed by atoms with Gasteiger partial charge in [0.15, 0.2) is 11.5 Å². The number of aromatic nitrogens is 1. The Kier molecular flexibility index (Phi) is 7.17. The number of ether oxygens (including phenoxy) is 3. The van der Waals surface area contributed by atoms with Gasteiger partial charge in [-0.15, -0.1) is 0 Å². The van der Waals surface area contributed by atoms with Crippen LogP contribution >= 0.6 is 0 Å². The Morgan fingerprint density at radius 2 is 1.59 bits per heavy atom. The van der Waals surface area contributed by atoms with E-state index in [-0.39, 0.29) is 0 Å². The van der Waals surface area contributed by atoms with Crippen molar-refractivity contribution in [3.05, 3.63) is 54.3 Å². The molecule has 0 radical (unpaired) electrons. The zero-order valence-corrected chi connectivity index (χ0v) is 19.0. The molecule has 2 aromatic carbocycles. The quantitative estimate of drug-likeness (QED) is 0.499. The van der Waals surface area contributed by atoms with Gasteiger partial charge in [-0.25, -0.2) is 0 Å². The summed E-state index contributed by atoms with van der Waals surface area (Å²) in [5.74, 6) is 3.23. The summed E-state index contributed by atoms with van der Waals surface area (Å²) in [6.45, 7) is 5.15. The number of benzene rings is 2. The smallest absolute Gasteiger partial charge is 0.161 e. The lowest BCUT2D eigenvalue weighted by Crippen LogP contribution is -2.46. The van der Waals surface area contributed by atoms with Crippen molar-refractivity contribution in [2.24, 2.45) is 0 Å². The van der Waals surface area contributed by atoms with Crippen molar-refractivity contribution < 1.29 is 18.7 Å². The fourth-order valence-corrected chi connectivity index (χ4v) is 4.14. The molecule has 0 bridgehead atoms. The van der Waals surface area contributed by atoms with E-state index >= 15 is 0 Å². The van der Waals surface area contributed by atoms with Gasteiger partial charge >= 0.3 is 0 Å². The number of aryl methyl sites for hydroxylation is 1. The van der Waals surface area contributed by atoms with Gasteiger partial charge in [0.2, 0.25) is 0 Å². The summed E-state index contributed by atoms with van der Waals surface area (Å²) < 4.78 is 21.8. The first-order valence-corrected chi connectivity index (χ1v) is 11.0. The average Bonchev–Trinajstić information content (AvgIpc) is 3.33. The lowest BCUT2D eigenvalue weighted by Gasteiger charge is -2.36. The van der Waals surface area contributed by atoms with E-state index in [1.165, 1.54) is 5.69 Å². The molecule has 0 atom stereocenters. The third-order valence-corrected chi connectivity index (χ3v) is 5.93. The molecule has 0 spiro atoms. The number of hydrogen-bond acceptors (Lipinski definition) is 7. The molecule has 1 fully saturated rings. The van der Waals surface area contributed by atoms with Crippen molar-refractivity contribution in [2.45, 2.75) is 12.8 Å². The van der Waals surface area contributed by atoms with Gasteiger partial charge in [0.25, 0.3) is 0 Å². The van der Waals surface area contributed by atoms with E-state index in [9.17, 15) is 0 Å². The number of nitrogens with zero attached hydrogens (tertiary/aromatic N) is 3. The van der Waals surface area contributed by atoms with Gasteiger partial charge in [0.1, 0.15) is 17.2 Å². The summed E-state index contributed by atoms with van der Waals surface area (Å²) in [6, 6.07) is 16.0. The van der Waals surface area contributed by atoms with Crippen molar-refractivity contribution in [3.63, 3.8) is 0 Å². The highest BCUT2D eigenvalue weighted by molar-refractivity contribution is 5.64. The predicted molar refractivity (Wildman–Crippen MR) is 125 cm³/mol. The second kappa shape index (κ2) is 10.4. The molecular formula is C25H31N3O4. The monoisotopic (exact) mass is 437 g/mol. The van der Waals surface area contributed by atoms with Crippen molar-refractivity contribution in [1.29, 1.82) is 0 Å². The lowest BCUT2D eigenvalue weighted by molar-refractivity contribution is 0.251.